The minimum Gasteiger partial charge on any atom is -0.366 e. The van der Waals surface area contributed by atoms with Gasteiger partial charge in [0.15, 0.2) is 9.84 Å². The summed E-state index contributed by atoms with van der Waals surface area (Å²) in [6.45, 7) is 1.19. The van der Waals surface area contributed by atoms with E-state index in [4.69, 9.17) is 0 Å². The zero-order valence-electron chi connectivity index (χ0n) is 14.6. The van der Waals surface area contributed by atoms with Crippen LogP contribution in [-0.4, -0.2) is 43.8 Å². The molecule has 0 saturated carbocycles. The number of sulfone groups is 1. The molecular formula is C17H19F3N4O2S. The molecule has 1 aliphatic heterocycles. The van der Waals surface area contributed by atoms with Crippen LogP contribution in [0.5, 0.6) is 0 Å². The lowest BCUT2D eigenvalue weighted by Gasteiger charge is -2.33. The number of nitrogens with one attached hydrogen (secondary N) is 1. The van der Waals surface area contributed by atoms with Gasteiger partial charge < -0.3 is 10.2 Å². The third kappa shape index (κ3) is 4.68. The number of aromatic nitrogens is 2. The summed E-state index contributed by atoms with van der Waals surface area (Å²) in [6.07, 6.45) is 0.464. The van der Waals surface area contributed by atoms with Crippen molar-refractivity contribution in [1.29, 1.82) is 0 Å². The van der Waals surface area contributed by atoms with Crippen LogP contribution in [0.25, 0.3) is 0 Å². The Labute approximate surface area is 155 Å². The molecule has 6 nitrogen and oxygen atoms in total. The Morgan fingerprint density at radius 3 is 2.41 bits per heavy atom. The predicted molar refractivity (Wildman–Crippen MR) is 95.4 cm³/mol. The summed E-state index contributed by atoms with van der Waals surface area (Å²) < 4.78 is 61.6. The van der Waals surface area contributed by atoms with Crippen molar-refractivity contribution in [2.75, 3.05) is 29.6 Å². The highest BCUT2D eigenvalue weighted by Crippen LogP contribution is 2.30. The average molecular weight is 400 g/mol. The van der Waals surface area contributed by atoms with Crippen LogP contribution in [0.4, 0.5) is 24.8 Å². The van der Waals surface area contributed by atoms with Gasteiger partial charge in [-0.1, -0.05) is 0 Å². The predicted octanol–water partition coefficient (Wildman–Crippen LogP) is 2.98. The van der Waals surface area contributed by atoms with Gasteiger partial charge in [0.1, 0.15) is 16.5 Å². The molecule has 3 rings (SSSR count). The Balaban J connectivity index is 1.63. The maximum Gasteiger partial charge on any atom is 0.417 e. The molecule has 0 aromatic carbocycles. The lowest BCUT2D eigenvalue weighted by Crippen LogP contribution is -2.39. The van der Waals surface area contributed by atoms with Gasteiger partial charge in [0.05, 0.1) is 5.56 Å². The van der Waals surface area contributed by atoms with Crippen LogP contribution in [0.15, 0.2) is 41.6 Å². The second-order valence-electron chi connectivity index (χ2n) is 6.43. The molecule has 0 bridgehead atoms. The third-order valence-electron chi connectivity index (χ3n) is 4.41. The largest absolute Gasteiger partial charge is 0.417 e. The van der Waals surface area contributed by atoms with E-state index in [0.717, 1.165) is 18.5 Å². The lowest BCUT2D eigenvalue weighted by molar-refractivity contribution is -0.137. The van der Waals surface area contributed by atoms with E-state index in [1.807, 2.05) is 4.90 Å². The van der Waals surface area contributed by atoms with Crippen LogP contribution < -0.4 is 10.2 Å². The Morgan fingerprint density at radius 2 is 1.85 bits per heavy atom. The van der Waals surface area contributed by atoms with E-state index in [1.54, 1.807) is 6.07 Å². The van der Waals surface area contributed by atoms with Gasteiger partial charge in [0, 0.05) is 37.8 Å². The molecule has 1 aliphatic rings. The van der Waals surface area contributed by atoms with E-state index < -0.39 is 21.6 Å². The Hall–Kier alpha value is -2.36. The van der Waals surface area contributed by atoms with E-state index in [0.29, 0.717) is 37.6 Å². The van der Waals surface area contributed by atoms with Crippen LogP contribution in [0.3, 0.4) is 0 Å². The first-order chi connectivity index (χ1) is 12.6. The second kappa shape index (κ2) is 7.34. The molecule has 0 spiro atoms. The first-order valence-electron chi connectivity index (χ1n) is 8.34. The fourth-order valence-electron chi connectivity index (χ4n) is 2.99. The van der Waals surface area contributed by atoms with E-state index >= 15 is 0 Å². The van der Waals surface area contributed by atoms with Crippen molar-refractivity contribution < 1.29 is 21.6 Å². The van der Waals surface area contributed by atoms with E-state index in [-0.39, 0.29) is 10.9 Å². The van der Waals surface area contributed by atoms with Gasteiger partial charge in [0.2, 0.25) is 0 Å². The maximum absolute atomic E-state index is 12.6. The number of nitrogens with zero attached hydrogens (tertiary/aromatic N) is 3. The van der Waals surface area contributed by atoms with Gasteiger partial charge in [-0.3, -0.25) is 0 Å². The number of rotatable bonds is 4. The SMILES string of the molecule is CS(=O)(=O)c1cccnc1NC1CCN(c2ccc(C(F)(F)F)cn2)CC1. The normalized spacial score (nSPS) is 16.4. The minimum atomic E-state index is -4.40. The Morgan fingerprint density at radius 1 is 1.15 bits per heavy atom. The molecule has 10 heteroatoms. The first-order valence-corrected chi connectivity index (χ1v) is 10.2. The highest BCUT2D eigenvalue weighted by molar-refractivity contribution is 7.90. The van der Waals surface area contributed by atoms with Crippen LogP contribution in [-0.2, 0) is 16.0 Å². The lowest BCUT2D eigenvalue weighted by atomic mass is 10.0. The topological polar surface area (TPSA) is 75.2 Å². The van der Waals surface area contributed by atoms with Crippen LogP contribution in [0, 0.1) is 0 Å². The maximum atomic E-state index is 12.6. The van der Waals surface area contributed by atoms with Gasteiger partial charge in [-0.25, -0.2) is 18.4 Å². The van der Waals surface area contributed by atoms with E-state index in [9.17, 15) is 21.6 Å². The number of hydrogen-bond acceptors (Lipinski definition) is 6. The monoisotopic (exact) mass is 400 g/mol. The molecule has 0 radical (unpaired) electrons. The van der Waals surface area contributed by atoms with Crippen LogP contribution in [0.2, 0.25) is 0 Å². The molecule has 0 atom stereocenters. The molecule has 146 valence electrons. The smallest absolute Gasteiger partial charge is 0.366 e. The van der Waals surface area contributed by atoms with Gasteiger partial charge >= 0.3 is 6.18 Å². The number of pyridine rings is 2. The van der Waals surface area contributed by atoms with E-state index in [1.165, 1.54) is 18.3 Å². The van der Waals surface area contributed by atoms with Crippen molar-refractivity contribution in [2.45, 2.75) is 30.0 Å². The minimum absolute atomic E-state index is 0.0195. The van der Waals surface area contributed by atoms with Gasteiger partial charge in [-0.05, 0) is 37.1 Å². The number of halogens is 3. The Bertz CT molecular complexity index is 893. The highest BCUT2D eigenvalue weighted by atomic mass is 32.2. The molecule has 1 fully saturated rings. The molecule has 27 heavy (non-hydrogen) atoms. The summed E-state index contributed by atoms with van der Waals surface area (Å²) in [5, 5.41) is 3.17. The molecule has 0 aliphatic carbocycles. The summed E-state index contributed by atoms with van der Waals surface area (Å²) in [4.78, 5) is 10.1. The zero-order valence-corrected chi connectivity index (χ0v) is 15.4. The second-order valence-corrected chi connectivity index (χ2v) is 8.41. The van der Waals surface area contributed by atoms with Gasteiger partial charge in [-0.2, -0.15) is 13.2 Å². The standard InChI is InChI=1S/C17H19F3N4O2S/c1-27(25,26)14-3-2-8-21-16(14)23-13-6-9-24(10-7-13)15-5-4-12(11-22-15)17(18,19)20/h2-5,8,11,13H,6-7,9-10H2,1H3,(H,21,23). The summed E-state index contributed by atoms with van der Waals surface area (Å²) in [6, 6.07) is 5.49. The average Bonchev–Trinajstić information content (AvgIpc) is 2.61. The zero-order chi connectivity index (χ0) is 19.7. The molecular weight excluding hydrogens is 381 g/mol. The fourth-order valence-corrected chi connectivity index (χ4v) is 3.77. The quantitative estimate of drug-likeness (QED) is 0.851. The van der Waals surface area contributed by atoms with Crippen LogP contribution in [0.1, 0.15) is 18.4 Å². The molecule has 1 saturated heterocycles. The number of piperidine rings is 1. The number of alkyl halides is 3. The first kappa shape index (κ1) is 19.4. The molecule has 0 unspecified atom stereocenters. The summed E-state index contributed by atoms with van der Waals surface area (Å²) in [5.74, 6) is 0.821. The van der Waals surface area contributed by atoms with Crippen molar-refractivity contribution in [1.82, 2.24) is 9.97 Å². The number of anilines is 2. The third-order valence-corrected chi connectivity index (χ3v) is 5.53. The molecule has 0 amide bonds. The van der Waals surface area contributed by atoms with Crippen molar-refractivity contribution in [3.63, 3.8) is 0 Å². The van der Waals surface area contributed by atoms with Crippen molar-refractivity contribution in [3.8, 4) is 0 Å². The van der Waals surface area contributed by atoms with Crippen molar-refractivity contribution in [2.24, 2.45) is 0 Å². The number of hydrogen-bond donors (Lipinski definition) is 1. The highest BCUT2D eigenvalue weighted by Gasteiger charge is 2.31. The van der Waals surface area contributed by atoms with Crippen LogP contribution >= 0.6 is 0 Å². The molecule has 3 heterocycles. The summed E-state index contributed by atoms with van der Waals surface area (Å²) in [7, 11) is -3.39. The van der Waals surface area contributed by atoms with Gasteiger partial charge in [-0.15, -0.1) is 0 Å². The van der Waals surface area contributed by atoms with Crippen molar-refractivity contribution >= 4 is 21.5 Å². The van der Waals surface area contributed by atoms with Gasteiger partial charge in [0.25, 0.3) is 0 Å². The summed E-state index contributed by atoms with van der Waals surface area (Å²) >= 11 is 0. The Kier molecular flexibility index (Phi) is 5.27. The molecule has 2 aromatic rings. The molecule has 2 aromatic heterocycles. The van der Waals surface area contributed by atoms with E-state index in [2.05, 4.69) is 15.3 Å². The van der Waals surface area contributed by atoms with Crippen molar-refractivity contribution in [3.05, 3.63) is 42.2 Å². The summed E-state index contributed by atoms with van der Waals surface area (Å²) in [5.41, 5.74) is -0.772. The fraction of sp³-hybridized carbons (Fsp3) is 0.412. The molecule has 1 N–H and O–H groups in total.